The van der Waals surface area contributed by atoms with Gasteiger partial charge in [0.15, 0.2) is 5.13 Å². The quantitative estimate of drug-likeness (QED) is 0.431. The number of amides is 1. The number of thiazole rings is 1. The van der Waals surface area contributed by atoms with Gasteiger partial charge in [-0.15, -0.1) is 5.10 Å². The second-order valence-electron chi connectivity index (χ2n) is 6.02. The third kappa shape index (κ3) is 4.90. The Kier molecular flexibility index (Phi) is 6.01. The molecule has 2 aromatic heterocycles. The first-order valence-corrected chi connectivity index (χ1v) is 10.8. The van der Waals surface area contributed by atoms with Crippen molar-refractivity contribution in [2.24, 2.45) is 0 Å². The number of carbonyl (C=O) groups is 1. The molecule has 0 saturated heterocycles. The maximum absolute atomic E-state index is 12.4. The molecule has 148 valence electrons. The van der Waals surface area contributed by atoms with Crippen LogP contribution in [0.2, 0.25) is 0 Å². The summed E-state index contributed by atoms with van der Waals surface area (Å²) in [4.78, 5) is 16.8. The Bertz CT molecular complexity index is 1110. The standard InChI is InChI=1S/C19H18N6O2S2/c1-2-27-14-8-9-15-16(10-14)29-18(20-15)21-17(26)12-28-19-22-23-24-25(19)11-13-6-4-3-5-7-13/h3-10H,2,11-12H2,1H3,(H,20,21,26). The average molecular weight is 427 g/mol. The van der Waals surface area contributed by atoms with Gasteiger partial charge in [-0.25, -0.2) is 9.67 Å². The van der Waals surface area contributed by atoms with E-state index in [9.17, 15) is 4.79 Å². The van der Waals surface area contributed by atoms with Crippen molar-refractivity contribution in [3.63, 3.8) is 0 Å². The van der Waals surface area contributed by atoms with Gasteiger partial charge < -0.3 is 10.1 Å². The molecule has 0 fully saturated rings. The van der Waals surface area contributed by atoms with Gasteiger partial charge in [0.1, 0.15) is 5.75 Å². The van der Waals surface area contributed by atoms with Crippen molar-refractivity contribution in [2.75, 3.05) is 17.7 Å². The summed E-state index contributed by atoms with van der Waals surface area (Å²) in [6.45, 7) is 3.10. The lowest BCUT2D eigenvalue weighted by Gasteiger charge is -2.04. The van der Waals surface area contributed by atoms with E-state index in [1.807, 2.05) is 55.5 Å². The summed E-state index contributed by atoms with van der Waals surface area (Å²) in [7, 11) is 0. The molecular formula is C19H18N6O2S2. The molecule has 0 radical (unpaired) electrons. The van der Waals surface area contributed by atoms with Crippen LogP contribution in [0.25, 0.3) is 10.2 Å². The number of ether oxygens (including phenoxy) is 1. The second-order valence-corrected chi connectivity index (χ2v) is 8.00. The zero-order chi connectivity index (χ0) is 20.1. The van der Waals surface area contributed by atoms with Crippen LogP contribution in [0.5, 0.6) is 5.75 Å². The first-order valence-electron chi connectivity index (χ1n) is 8.97. The SMILES string of the molecule is CCOc1ccc2nc(NC(=O)CSc3nnnn3Cc3ccccc3)sc2c1. The molecule has 1 N–H and O–H groups in total. The van der Waals surface area contributed by atoms with E-state index in [1.165, 1.54) is 23.1 Å². The van der Waals surface area contributed by atoms with Crippen LogP contribution in [0.4, 0.5) is 5.13 Å². The number of carbonyl (C=O) groups excluding carboxylic acids is 1. The predicted molar refractivity (Wildman–Crippen MR) is 114 cm³/mol. The molecule has 0 bridgehead atoms. The van der Waals surface area contributed by atoms with Crippen LogP contribution in [-0.2, 0) is 11.3 Å². The Labute approximate surface area is 175 Å². The number of hydrogen-bond donors (Lipinski definition) is 1. The maximum atomic E-state index is 12.4. The van der Waals surface area contributed by atoms with Gasteiger partial charge in [-0.05, 0) is 41.1 Å². The molecule has 1 amide bonds. The number of anilines is 1. The number of thioether (sulfide) groups is 1. The lowest BCUT2D eigenvalue weighted by Crippen LogP contribution is -2.14. The van der Waals surface area contributed by atoms with Gasteiger partial charge in [-0.2, -0.15) is 0 Å². The number of rotatable bonds is 8. The van der Waals surface area contributed by atoms with Gasteiger partial charge >= 0.3 is 0 Å². The number of tetrazole rings is 1. The normalized spacial score (nSPS) is 10.9. The number of fused-ring (bicyclic) bond motifs is 1. The minimum Gasteiger partial charge on any atom is -0.494 e. The Hall–Kier alpha value is -2.98. The van der Waals surface area contributed by atoms with E-state index in [-0.39, 0.29) is 11.7 Å². The van der Waals surface area contributed by atoms with Gasteiger partial charge in [-0.3, -0.25) is 4.79 Å². The number of nitrogens with one attached hydrogen (secondary N) is 1. The molecule has 2 heterocycles. The second kappa shape index (κ2) is 9.01. The lowest BCUT2D eigenvalue weighted by atomic mass is 10.2. The van der Waals surface area contributed by atoms with Crippen LogP contribution in [-0.4, -0.2) is 43.5 Å². The molecule has 0 unspecified atom stereocenters. The summed E-state index contributed by atoms with van der Waals surface area (Å²) < 4.78 is 8.15. The summed E-state index contributed by atoms with van der Waals surface area (Å²) in [5.74, 6) is 0.825. The molecular weight excluding hydrogens is 408 g/mol. The van der Waals surface area contributed by atoms with Crippen LogP contribution in [0.15, 0.2) is 53.7 Å². The predicted octanol–water partition coefficient (Wildman–Crippen LogP) is 3.46. The van der Waals surface area contributed by atoms with Crippen LogP contribution >= 0.6 is 23.1 Å². The summed E-state index contributed by atoms with van der Waals surface area (Å²) in [6, 6.07) is 15.6. The fourth-order valence-corrected chi connectivity index (χ4v) is 4.24. The smallest absolute Gasteiger partial charge is 0.236 e. The number of aromatic nitrogens is 5. The highest BCUT2D eigenvalue weighted by molar-refractivity contribution is 7.99. The first kappa shape index (κ1) is 19.3. The van der Waals surface area contributed by atoms with E-state index < -0.39 is 0 Å². The maximum Gasteiger partial charge on any atom is 0.236 e. The molecule has 0 aliphatic carbocycles. The summed E-state index contributed by atoms with van der Waals surface area (Å²) in [5.41, 5.74) is 1.92. The lowest BCUT2D eigenvalue weighted by molar-refractivity contribution is -0.113. The van der Waals surface area contributed by atoms with Crippen molar-refractivity contribution in [1.82, 2.24) is 25.2 Å². The summed E-state index contributed by atoms with van der Waals surface area (Å²) in [5, 5.41) is 15.7. The van der Waals surface area contributed by atoms with Crippen LogP contribution in [0, 0.1) is 0 Å². The van der Waals surface area contributed by atoms with Crippen LogP contribution in [0.1, 0.15) is 12.5 Å². The van der Waals surface area contributed by atoms with E-state index in [4.69, 9.17) is 4.74 Å². The van der Waals surface area contributed by atoms with E-state index in [1.54, 1.807) is 4.68 Å². The highest BCUT2D eigenvalue weighted by atomic mass is 32.2. The van der Waals surface area contributed by atoms with Crippen molar-refractivity contribution in [2.45, 2.75) is 18.6 Å². The monoisotopic (exact) mass is 426 g/mol. The molecule has 29 heavy (non-hydrogen) atoms. The fraction of sp³-hybridized carbons (Fsp3) is 0.211. The van der Waals surface area contributed by atoms with E-state index >= 15 is 0 Å². The molecule has 8 nitrogen and oxygen atoms in total. The average Bonchev–Trinajstić information content (AvgIpc) is 3.33. The minimum absolute atomic E-state index is 0.159. The van der Waals surface area contributed by atoms with Crippen molar-refractivity contribution >= 4 is 44.4 Å². The molecule has 10 heteroatoms. The van der Waals surface area contributed by atoms with Gasteiger partial charge in [-0.1, -0.05) is 53.4 Å². The highest BCUT2D eigenvalue weighted by Crippen LogP contribution is 2.29. The Morgan fingerprint density at radius 2 is 2.10 bits per heavy atom. The molecule has 0 aliphatic rings. The molecule has 0 spiro atoms. The highest BCUT2D eigenvalue weighted by Gasteiger charge is 2.13. The Morgan fingerprint density at radius 3 is 2.93 bits per heavy atom. The zero-order valence-corrected chi connectivity index (χ0v) is 17.2. The minimum atomic E-state index is -0.159. The van der Waals surface area contributed by atoms with Crippen molar-refractivity contribution in [1.29, 1.82) is 0 Å². The van der Waals surface area contributed by atoms with Gasteiger partial charge in [0.2, 0.25) is 11.1 Å². The molecule has 4 rings (SSSR count). The van der Waals surface area contributed by atoms with Crippen molar-refractivity contribution in [3.8, 4) is 5.75 Å². The number of hydrogen-bond acceptors (Lipinski definition) is 8. The van der Waals surface area contributed by atoms with Crippen LogP contribution in [0.3, 0.4) is 0 Å². The first-order chi connectivity index (χ1) is 14.2. The third-order valence-corrected chi connectivity index (χ3v) is 5.81. The molecule has 0 aliphatic heterocycles. The van der Waals surface area contributed by atoms with Gasteiger partial charge in [0.25, 0.3) is 0 Å². The molecule has 4 aromatic rings. The summed E-state index contributed by atoms with van der Waals surface area (Å²) >= 11 is 2.70. The zero-order valence-electron chi connectivity index (χ0n) is 15.6. The van der Waals surface area contributed by atoms with Crippen molar-refractivity contribution in [3.05, 3.63) is 54.1 Å². The van der Waals surface area contributed by atoms with E-state index in [0.29, 0.717) is 23.4 Å². The fourth-order valence-electron chi connectivity index (χ4n) is 2.66. The van der Waals surface area contributed by atoms with Gasteiger partial charge in [0, 0.05) is 0 Å². The van der Waals surface area contributed by atoms with E-state index in [0.717, 1.165) is 21.5 Å². The molecule has 0 atom stereocenters. The van der Waals surface area contributed by atoms with E-state index in [2.05, 4.69) is 25.8 Å². The Balaban J connectivity index is 1.36. The van der Waals surface area contributed by atoms with Crippen molar-refractivity contribution < 1.29 is 9.53 Å². The number of benzene rings is 2. The Morgan fingerprint density at radius 1 is 1.24 bits per heavy atom. The van der Waals surface area contributed by atoms with Gasteiger partial charge in [0.05, 0.1) is 29.1 Å². The van der Waals surface area contributed by atoms with Crippen LogP contribution < -0.4 is 10.1 Å². The topological polar surface area (TPSA) is 94.8 Å². The third-order valence-electron chi connectivity index (χ3n) is 3.92. The largest absolute Gasteiger partial charge is 0.494 e. The summed E-state index contributed by atoms with van der Waals surface area (Å²) in [6.07, 6.45) is 0. The molecule has 2 aromatic carbocycles. The molecule has 0 saturated carbocycles. The number of nitrogens with zero attached hydrogens (tertiary/aromatic N) is 5.